The Hall–Kier alpha value is -1.47. The van der Waals surface area contributed by atoms with E-state index in [4.69, 9.17) is 21.0 Å². The zero-order valence-corrected chi connectivity index (χ0v) is 10.3. The number of benzene rings is 1. The van der Waals surface area contributed by atoms with Crippen molar-refractivity contribution >= 4 is 24.5 Å². The molecule has 0 saturated heterocycles. The highest BCUT2D eigenvalue weighted by Crippen LogP contribution is 2.38. The molecule has 0 saturated carbocycles. The first kappa shape index (κ1) is 13.0. The second-order valence-electron chi connectivity index (χ2n) is 3.72. The molecule has 1 radical (unpaired) electrons. The molecule has 8 heteroatoms. The van der Waals surface area contributed by atoms with Crippen LogP contribution >= 0.6 is 11.6 Å². The summed E-state index contributed by atoms with van der Waals surface area (Å²) in [6.07, 6.45) is -0.840. The van der Waals surface area contributed by atoms with Gasteiger partial charge in [0, 0.05) is 16.6 Å². The third-order valence-corrected chi connectivity index (χ3v) is 2.87. The van der Waals surface area contributed by atoms with Gasteiger partial charge in [-0.05, 0) is 12.4 Å². The van der Waals surface area contributed by atoms with Crippen LogP contribution in [0.2, 0.25) is 5.02 Å². The number of rotatable bonds is 4. The van der Waals surface area contributed by atoms with E-state index in [0.717, 1.165) is 0 Å². The highest BCUT2D eigenvalue weighted by molar-refractivity contribution is 6.51. The quantitative estimate of drug-likeness (QED) is 0.502. The van der Waals surface area contributed by atoms with E-state index < -0.39 is 17.6 Å². The van der Waals surface area contributed by atoms with Crippen molar-refractivity contribution in [2.45, 2.75) is 13.0 Å². The zero-order valence-electron chi connectivity index (χ0n) is 9.55. The fourth-order valence-electron chi connectivity index (χ4n) is 1.86. The van der Waals surface area contributed by atoms with Gasteiger partial charge >= 0.3 is 7.48 Å². The Kier molecular flexibility index (Phi) is 3.63. The Balaban J connectivity index is 2.46. The minimum absolute atomic E-state index is 0.0875. The lowest BCUT2D eigenvalue weighted by Crippen LogP contribution is -2.17. The van der Waals surface area contributed by atoms with Gasteiger partial charge in [0.05, 0.1) is 11.6 Å². The van der Waals surface area contributed by atoms with Crippen molar-refractivity contribution in [2.24, 2.45) is 0 Å². The van der Waals surface area contributed by atoms with Gasteiger partial charge in [-0.15, -0.1) is 0 Å². The molecule has 0 fully saturated rings. The maximum Gasteiger partial charge on any atom is 0.335 e. The summed E-state index contributed by atoms with van der Waals surface area (Å²) in [4.78, 5) is 10.0. The topological polar surface area (TPSA) is 81.8 Å². The van der Waals surface area contributed by atoms with Crippen LogP contribution in [0, 0.1) is 10.1 Å². The van der Waals surface area contributed by atoms with E-state index in [1.165, 1.54) is 13.5 Å². The number of hydrogen-bond acceptors (Lipinski definition) is 5. The number of phenols is 1. The molecule has 6 nitrogen and oxygen atoms in total. The van der Waals surface area contributed by atoms with Crippen LogP contribution in [0.25, 0.3) is 0 Å². The molecule has 0 spiro atoms. The van der Waals surface area contributed by atoms with E-state index in [-0.39, 0.29) is 10.8 Å². The minimum atomic E-state index is -0.840. The van der Waals surface area contributed by atoms with Gasteiger partial charge in [0.25, 0.3) is 0 Å². The maximum atomic E-state index is 10.5. The van der Waals surface area contributed by atoms with Gasteiger partial charge in [0.15, 0.2) is 0 Å². The van der Waals surface area contributed by atoms with Crippen LogP contribution < -0.4 is 10.2 Å². The highest BCUT2D eigenvalue weighted by Gasteiger charge is 2.35. The van der Waals surface area contributed by atoms with E-state index in [9.17, 15) is 15.2 Å². The van der Waals surface area contributed by atoms with Crippen molar-refractivity contribution < 1.29 is 19.4 Å². The first-order valence-corrected chi connectivity index (χ1v) is 5.71. The maximum absolute atomic E-state index is 10.5. The number of nitrogens with zero attached hydrogens (tertiary/aromatic N) is 1. The lowest BCUT2D eigenvalue weighted by Gasteiger charge is -2.13. The summed E-state index contributed by atoms with van der Waals surface area (Å²) in [6.45, 7) is 1.78. The van der Waals surface area contributed by atoms with E-state index in [1.807, 2.05) is 0 Å². The Morgan fingerprint density at radius 1 is 1.72 bits per heavy atom. The van der Waals surface area contributed by atoms with Gasteiger partial charge in [-0.1, -0.05) is 11.6 Å². The molecule has 1 aromatic carbocycles. The van der Waals surface area contributed by atoms with Crippen molar-refractivity contribution in [1.29, 1.82) is 0 Å². The number of fused-ring (bicyclic) bond motifs is 1. The average molecular weight is 270 g/mol. The number of hydrogen-bond donors (Lipinski definition) is 1. The van der Waals surface area contributed by atoms with Gasteiger partial charge in [-0.25, -0.2) is 0 Å². The minimum Gasteiger partial charge on any atom is -0.506 e. The molecule has 1 aliphatic heterocycles. The summed E-state index contributed by atoms with van der Waals surface area (Å²) in [6, 6.07) is 1.47. The second-order valence-corrected chi connectivity index (χ2v) is 4.13. The van der Waals surface area contributed by atoms with Crippen LogP contribution in [0.3, 0.4) is 0 Å². The molecule has 1 unspecified atom stereocenters. The molecule has 95 valence electrons. The van der Waals surface area contributed by atoms with Gasteiger partial charge in [-0.3, -0.25) is 10.1 Å². The van der Waals surface area contributed by atoms with Crippen LogP contribution in [0.1, 0.15) is 18.6 Å². The predicted molar refractivity (Wildman–Crippen MR) is 65.4 cm³/mol. The smallest absolute Gasteiger partial charge is 0.335 e. The van der Waals surface area contributed by atoms with Crippen molar-refractivity contribution in [1.82, 2.24) is 0 Å². The Bertz CT molecular complexity index is 496. The monoisotopic (exact) mass is 270 g/mol. The molecule has 0 aromatic heterocycles. The Morgan fingerprint density at radius 2 is 2.44 bits per heavy atom. The fourth-order valence-corrected chi connectivity index (χ4v) is 2.06. The van der Waals surface area contributed by atoms with Crippen LogP contribution in [0.5, 0.6) is 11.5 Å². The van der Waals surface area contributed by atoms with Crippen LogP contribution in [0.15, 0.2) is 6.07 Å². The molecule has 2 rings (SSSR count). The highest BCUT2D eigenvalue weighted by atomic mass is 35.5. The summed E-state index contributed by atoms with van der Waals surface area (Å²) < 4.78 is 10.6. The SMILES string of the molecule is CCOc1cc(Cl)c(O)c2c1[B]OC2C[N+](=O)[O-]. The molecule has 18 heavy (non-hydrogen) atoms. The molecular formula is C10H10BClNO5. The van der Waals surface area contributed by atoms with Crippen molar-refractivity contribution in [3.63, 3.8) is 0 Å². The van der Waals surface area contributed by atoms with E-state index in [0.29, 0.717) is 23.4 Å². The molecule has 0 aliphatic carbocycles. The van der Waals surface area contributed by atoms with Crippen molar-refractivity contribution in [3.05, 3.63) is 26.8 Å². The van der Waals surface area contributed by atoms with Gasteiger partial charge in [0.2, 0.25) is 6.54 Å². The summed E-state index contributed by atoms with van der Waals surface area (Å²) in [5, 5.41) is 20.5. The van der Waals surface area contributed by atoms with Gasteiger partial charge in [-0.2, -0.15) is 0 Å². The summed E-state index contributed by atoms with van der Waals surface area (Å²) in [5.41, 5.74) is 0.813. The number of phenolic OH excluding ortho intramolecular Hbond substituents is 1. The third-order valence-electron chi connectivity index (χ3n) is 2.58. The van der Waals surface area contributed by atoms with Crippen LogP contribution in [0.4, 0.5) is 0 Å². The lowest BCUT2D eigenvalue weighted by atomic mass is 9.85. The Morgan fingerprint density at radius 3 is 3.06 bits per heavy atom. The molecule has 1 aromatic rings. The summed E-state index contributed by atoms with van der Waals surface area (Å²) >= 11 is 5.87. The van der Waals surface area contributed by atoms with E-state index in [2.05, 4.69) is 0 Å². The molecule has 1 atom stereocenters. The van der Waals surface area contributed by atoms with Crippen molar-refractivity contribution in [3.8, 4) is 11.5 Å². The van der Waals surface area contributed by atoms with Gasteiger partial charge in [0.1, 0.15) is 17.6 Å². The number of ether oxygens (including phenoxy) is 1. The van der Waals surface area contributed by atoms with E-state index >= 15 is 0 Å². The number of halogens is 1. The standard InChI is InChI=1S/C10H10BClNO5/c1-2-17-6-3-5(12)10(14)8-7(4-13(15)16)18-11-9(6)8/h3,7,14H,2,4H2,1H3. The molecule has 1 N–H and O–H groups in total. The Labute approximate surface area is 109 Å². The predicted octanol–water partition coefficient (Wildman–Crippen LogP) is 1.04. The first-order chi connectivity index (χ1) is 8.54. The average Bonchev–Trinajstić information content (AvgIpc) is 2.69. The fraction of sp³-hybridized carbons (Fsp3) is 0.400. The molecule has 1 heterocycles. The van der Waals surface area contributed by atoms with E-state index in [1.54, 1.807) is 6.92 Å². The summed E-state index contributed by atoms with van der Waals surface area (Å²) in [7, 11) is 1.35. The second kappa shape index (κ2) is 5.03. The lowest BCUT2D eigenvalue weighted by molar-refractivity contribution is -0.490. The summed E-state index contributed by atoms with van der Waals surface area (Å²) in [5.74, 6) is 0.247. The first-order valence-electron chi connectivity index (χ1n) is 5.33. The van der Waals surface area contributed by atoms with Crippen molar-refractivity contribution in [2.75, 3.05) is 13.2 Å². The number of nitro groups is 1. The molecule has 0 bridgehead atoms. The third kappa shape index (κ3) is 2.23. The van der Waals surface area contributed by atoms with Crippen LogP contribution in [-0.4, -0.2) is 30.7 Å². The molecule has 1 aliphatic rings. The zero-order chi connectivity index (χ0) is 13.3. The van der Waals surface area contributed by atoms with Crippen LogP contribution in [-0.2, 0) is 4.65 Å². The molecular weight excluding hydrogens is 260 g/mol. The number of aromatic hydroxyl groups is 1. The normalized spacial score (nSPS) is 17.1. The molecule has 0 amide bonds. The largest absolute Gasteiger partial charge is 0.506 e. The van der Waals surface area contributed by atoms with Gasteiger partial charge < -0.3 is 14.5 Å².